The van der Waals surface area contributed by atoms with Crippen LogP contribution in [0, 0.1) is 13.8 Å². The molecule has 0 N–H and O–H groups in total. The standard InChI is InChI=1S/C9H14ClN2O3P/c1-7-5-8(2)12(11-7)16(13)14-4-3-9(6-10)15-16/h5,9H,3-4,6H2,1-2H3/t9-,16+/m0/s1. The lowest BCUT2D eigenvalue weighted by atomic mass is 10.3. The fourth-order valence-corrected chi connectivity index (χ4v) is 3.79. The molecule has 2 atom stereocenters. The second kappa shape index (κ2) is 4.49. The summed E-state index contributed by atoms with van der Waals surface area (Å²) in [5.74, 6) is 0.312. The minimum Gasteiger partial charge on any atom is -0.291 e. The Kier molecular flexibility index (Phi) is 3.40. The van der Waals surface area contributed by atoms with Crippen LogP contribution in [0.3, 0.4) is 0 Å². The molecule has 1 fully saturated rings. The van der Waals surface area contributed by atoms with Crippen molar-refractivity contribution in [1.82, 2.24) is 9.55 Å². The first-order valence-corrected chi connectivity index (χ1v) is 7.11. The smallest absolute Gasteiger partial charge is 0.291 e. The number of alkyl halides is 1. The second-order valence-corrected chi connectivity index (χ2v) is 5.88. The van der Waals surface area contributed by atoms with E-state index in [1.807, 2.05) is 19.9 Å². The van der Waals surface area contributed by atoms with E-state index >= 15 is 0 Å². The topological polar surface area (TPSA) is 53.4 Å². The number of hydrogen-bond acceptors (Lipinski definition) is 4. The van der Waals surface area contributed by atoms with E-state index in [1.54, 1.807) is 0 Å². The Balaban J connectivity index is 2.31. The Bertz CT molecular complexity index is 434. The van der Waals surface area contributed by atoms with Gasteiger partial charge >= 0.3 is 7.75 Å². The Hall–Kier alpha value is -0.350. The molecule has 0 bridgehead atoms. The largest absolute Gasteiger partial charge is 0.455 e. The maximum Gasteiger partial charge on any atom is 0.455 e. The van der Waals surface area contributed by atoms with Gasteiger partial charge in [-0.1, -0.05) is 0 Å². The molecule has 5 nitrogen and oxygen atoms in total. The van der Waals surface area contributed by atoms with Gasteiger partial charge in [-0.3, -0.25) is 9.05 Å². The van der Waals surface area contributed by atoms with Gasteiger partial charge in [0.25, 0.3) is 0 Å². The molecule has 1 aromatic rings. The molecule has 0 radical (unpaired) electrons. The summed E-state index contributed by atoms with van der Waals surface area (Å²) in [5.41, 5.74) is 1.55. The third-order valence-corrected chi connectivity index (χ3v) is 4.65. The Morgan fingerprint density at radius 3 is 3.00 bits per heavy atom. The van der Waals surface area contributed by atoms with Crippen LogP contribution in [0.15, 0.2) is 6.07 Å². The highest BCUT2D eigenvalue weighted by molar-refractivity contribution is 7.52. The van der Waals surface area contributed by atoms with Crippen LogP contribution in [0.25, 0.3) is 0 Å². The van der Waals surface area contributed by atoms with Crippen LogP contribution < -0.4 is 0 Å². The summed E-state index contributed by atoms with van der Waals surface area (Å²) in [4.78, 5) is 0. The Morgan fingerprint density at radius 2 is 2.44 bits per heavy atom. The highest BCUT2D eigenvalue weighted by Crippen LogP contribution is 2.53. The molecule has 2 rings (SSSR count). The highest BCUT2D eigenvalue weighted by Gasteiger charge is 2.37. The molecular formula is C9H14ClN2O3P. The van der Waals surface area contributed by atoms with Crippen LogP contribution in [-0.2, 0) is 13.6 Å². The minimum atomic E-state index is -3.33. The van der Waals surface area contributed by atoms with E-state index in [0.717, 1.165) is 11.4 Å². The highest BCUT2D eigenvalue weighted by atomic mass is 35.5. The molecule has 0 spiro atoms. The number of aryl methyl sites for hydroxylation is 2. The van der Waals surface area contributed by atoms with Gasteiger partial charge in [-0.05, 0) is 26.3 Å². The van der Waals surface area contributed by atoms with Crippen molar-refractivity contribution < 1.29 is 13.6 Å². The molecule has 0 unspecified atom stereocenters. The van der Waals surface area contributed by atoms with Gasteiger partial charge in [0.15, 0.2) is 0 Å². The molecular weight excluding hydrogens is 251 g/mol. The predicted molar refractivity (Wildman–Crippen MR) is 60.9 cm³/mol. The molecule has 2 heterocycles. The van der Waals surface area contributed by atoms with Crippen molar-refractivity contribution in [1.29, 1.82) is 0 Å². The number of aromatic nitrogens is 2. The van der Waals surface area contributed by atoms with E-state index in [9.17, 15) is 4.57 Å². The van der Waals surface area contributed by atoms with E-state index < -0.39 is 7.75 Å². The van der Waals surface area contributed by atoms with Gasteiger partial charge in [0, 0.05) is 11.6 Å². The van der Waals surface area contributed by atoms with Crippen molar-refractivity contribution in [2.24, 2.45) is 0 Å². The predicted octanol–water partition coefficient (Wildman–Crippen LogP) is 2.50. The summed E-state index contributed by atoms with van der Waals surface area (Å²) < 4.78 is 24.4. The molecule has 1 saturated heterocycles. The van der Waals surface area contributed by atoms with Gasteiger partial charge in [0.05, 0.1) is 18.4 Å². The molecule has 16 heavy (non-hydrogen) atoms. The zero-order valence-electron chi connectivity index (χ0n) is 9.22. The zero-order valence-corrected chi connectivity index (χ0v) is 10.9. The first-order chi connectivity index (χ1) is 7.55. The maximum absolute atomic E-state index is 12.4. The number of hydrogen-bond donors (Lipinski definition) is 0. The SMILES string of the molecule is Cc1cc(C)n([P@@]2(=O)OCC[C@@H](CCl)O2)n1. The third kappa shape index (κ3) is 2.18. The molecule has 0 aromatic carbocycles. The van der Waals surface area contributed by atoms with Crippen LogP contribution in [0.4, 0.5) is 0 Å². The summed E-state index contributed by atoms with van der Waals surface area (Å²) >= 11 is 5.71. The van der Waals surface area contributed by atoms with Crippen molar-refractivity contribution in [3.63, 3.8) is 0 Å². The first-order valence-electron chi connectivity index (χ1n) is 5.08. The van der Waals surface area contributed by atoms with Gasteiger partial charge in [-0.15, -0.1) is 11.6 Å². The summed E-state index contributed by atoms with van der Waals surface area (Å²) in [6, 6.07) is 1.83. The molecule has 0 aliphatic carbocycles. The number of rotatable bonds is 2. The summed E-state index contributed by atoms with van der Waals surface area (Å²) in [5, 5.41) is 4.13. The molecule has 90 valence electrons. The van der Waals surface area contributed by atoms with Crippen LogP contribution in [0.1, 0.15) is 17.8 Å². The van der Waals surface area contributed by atoms with Crippen molar-refractivity contribution >= 4 is 19.3 Å². The van der Waals surface area contributed by atoms with Gasteiger partial charge in [0.2, 0.25) is 0 Å². The number of nitrogens with zero attached hydrogens (tertiary/aromatic N) is 2. The van der Waals surface area contributed by atoms with Gasteiger partial charge in [0.1, 0.15) is 0 Å². The van der Waals surface area contributed by atoms with Gasteiger partial charge in [-0.2, -0.15) is 9.55 Å². The monoisotopic (exact) mass is 264 g/mol. The van der Waals surface area contributed by atoms with Crippen molar-refractivity contribution in [3.8, 4) is 0 Å². The van der Waals surface area contributed by atoms with Crippen LogP contribution in [0.2, 0.25) is 0 Å². The number of halogens is 1. The van der Waals surface area contributed by atoms with E-state index in [1.165, 1.54) is 4.45 Å². The van der Waals surface area contributed by atoms with Crippen molar-refractivity contribution in [3.05, 3.63) is 17.5 Å². The van der Waals surface area contributed by atoms with E-state index in [4.69, 9.17) is 20.6 Å². The van der Waals surface area contributed by atoms with Crippen molar-refractivity contribution in [2.75, 3.05) is 12.5 Å². The lowest BCUT2D eigenvalue weighted by Gasteiger charge is -2.28. The third-order valence-electron chi connectivity index (χ3n) is 2.37. The molecule has 1 aromatic heterocycles. The molecule has 1 aliphatic heterocycles. The molecule has 0 saturated carbocycles. The Labute approximate surface area is 99.3 Å². The fourth-order valence-electron chi connectivity index (χ4n) is 1.64. The summed E-state index contributed by atoms with van der Waals surface area (Å²) in [7, 11) is -3.33. The van der Waals surface area contributed by atoms with Crippen molar-refractivity contribution in [2.45, 2.75) is 26.4 Å². The lowest BCUT2D eigenvalue weighted by molar-refractivity contribution is 0.0871. The molecule has 0 amide bonds. The van der Waals surface area contributed by atoms with E-state index in [2.05, 4.69) is 5.10 Å². The second-order valence-electron chi connectivity index (χ2n) is 3.79. The van der Waals surface area contributed by atoms with E-state index in [0.29, 0.717) is 18.9 Å². The van der Waals surface area contributed by atoms with Gasteiger partial charge < -0.3 is 0 Å². The average molecular weight is 265 g/mol. The van der Waals surface area contributed by atoms with Crippen LogP contribution in [0.5, 0.6) is 0 Å². The normalized spacial score (nSPS) is 30.6. The molecule has 1 aliphatic rings. The summed E-state index contributed by atoms with van der Waals surface area (Å²) in [6.45, 7) is 4.03. The average Bonchev–Trinajstić information content (AvgIpc) is 2.58. The van der Waals surface area contributed by atoms with Gasteiger partial charge in [-0.25, -0.2) is 4.57 Å². The minimum absolute atomic E-state index is 0.231. The van der Waals surface area contributed by atoms with E-state index in [-0.39, 0.29) is 6.10 Å². The lowest BCUT2D eigenvalue weighted by Crippen LogP contribution is -2.25. The summed E-state index contributed by atoms with van der Waals surface area (Å²) in [6.07, 6.45) is 0.428. The fraction of sp³-hybridized carbons (Fsp3) is 0.667. The quantitative estimate of drug-likeness (QED) is 0.608. The van der Waals surface area contributed by atoms with Crippen LogP contribution >= 0.6 is 19.3 Å². The zero-order chi connectivity index (χ0) is 11.8. The van der Waals surface area contributed by atoms with Crippen LogP contribution in [-0.4, -0.2) is 28.1 Å². The first kappa shape index (κ1) is 12.1. The maximum atomic E-state index is 12.4. The Morgan fingerprint density at radius 1 is 1.69 bits per heavy atom. The molecule has 7 heteroatoms.